The molecule has 4 aromatic heterocycles. The highest BCUT2D eigenvalue weighted by Crippen LogP contribution is 2.26. The van der Waals surface area contributed by atoms with Gasteiger partial charge in [0, 0.05) is 62.8 Å². The maximum atomic E-state index is 10.7. The molecule has 0 saturated carbocycles. The van der Waals surface area contributed by atoms with Crippen molar-refractivity contribution in [2.75, 3.05) is 26.4 Å². The Morgan fingerprint density at radius 2 is 1.12 bits per heavy atom. The van der Waals surface area contributed by atoms with E-state index in [2.05, 4.69) is 36.8 Å². The number of rotatable bonds is 11. The highest BCUT2D eigenvalue weighted by Gasteiger charge is 2.49. The smallest absolute Gasteiger partial charge is 0.300 e. The Bertz CT molecular complexity index is 1600. The molecule has 6 rings (SSSR count). The molecule has 19 heteroatoms. The first kappa shape index (κ1) is 51.7. The van der Waals surface area contributed by atoms with Gasteiger partial charge in [-0.25, -0.2) is 0 Å². The Morgan fingerprint density at radius 1 is 0.700 bits per heavy atom. The first-order valence-electron chi connectivity index (χ1n) is 19.2. The molecule has 332 valence electrons. The molecule has 4 aromatic rings. The van der Waals surface area contributed by atoms with Crippen LogP contribution in [0.15, 0.2) is 97.6 Å². The standard InChI is InChI=1S/C18H23N3O5.C13H14N2.C6H12O6.C2H4O2.C2H6O/c22-15-11-26-18(25,17(24)16(15)23)12-21(9-13-5-1-3-7-19-13)10-14-6-2-4-8-20-14;1-3-10-14-12(6-1)8-5-9-13-7-2-4-11-15-13;7-1-2-3(8)4(9)5(10)6(11)12-2;1-2(3)4;1-2-3/h1-8,15-17,22-25H,9-12H2;1-4,6-7,10-11H,5,8-9H2;2-11H,1H2;1H3,(H,3,4);3H,2H2,1H3. The molecule has 9 atom stereocenters. The van der Waals surface area contributed by atoms with Crippen molar-refractivity contribution in [2.24, 2.45) is 0 Å². The van der Waals surface area contributed by atoms with Crippen molar-refractivity contribution in [2.45, 2.75) is 101 Å². The quantitative estimate of drug-likeness (QED) is 0.0845. The lowest BCUT2D eigenvalue weighted by atomic mass is 9.96. The largest absolute Gasteiger partial charge is 0.481 e. The van der Waals surface area contributed by atoms with E-state index in [1.54, 1.807) is 19.3 Å². The molecular weight excluding hydrogens is 786 g/mol. The van der Waals surface area contributed by atoms with Crippen molar-refractivity contribution in [3.8, 4) is 0 Å². The van der Waals surface area contributed by atoms with E-state index in [0.29, 0.717) is 13.1 Å². The van der Waals surface area contributed by atoms with Crippen LogP contribution in [0, 0.1) is 0 Å². The van der Waals surface area contributed by atoms with Crippen LogP contribution in [0.1, 0.15) is 43.0 Å². The Labute approximate surface area is 348 Å². The van der Waals surface area contributed by atoms with Crippen LogP contribution in [0.4, 0.5) is 0 Å². The van der Waals surface area contributed by atoms with Crippen LogP contribution in [-0.2, 0) is 40.2 Å². The molecule has 9 unspecified atom stereocenters. The van der Waals surface area contributed by atoms with Crippen LogP contribution in [0.3, 0.4) is 0 Å². The number of aromatic nitrogens is 4. The van der Waals surface area contributed by atoms with E-state index in [9.17, 15) is 20.4 Å². The summed E-state index contributed by atoms with van der Waals surface area (Å²) < 4.78 is 9.86. The molecule has 0 spiro atoms. The average molecular weight is 846 g/mol. The molecule has 0 aromatic carbocycles. The first-order chi connectivity index (χ1) is 28.6. The van der Waals surface area contributed by atoms with E-state index < -0.39 is 67.4 Å². The summed E-state index contributed by atoms with van der Waals surface area (Å²) in [7, 11) is 0. The van der Waals surface area contributed by atoms with Crippen LogP contribution in [0.2, 0.25) is 0 Å². The third-order valence-corrected chi connectivity index (χ3v) is 8.54. The van der Waals surface area contributed by atoms with Crippen LogP contribution in [0.25, 0.3) is 0 Å². The van der Waals surface area contributed by atoms with E-state index in [4.69, 9.17) is 45.3 Å². The fraction of sp³-hybridized carbons (Fsp3) is 0.488. The molecule has 0 radical (unpaired) electrons. The van der Waals surface area contributed by atoms with Gasteiger partial charge in [0.15, 0.2) is 6.29 Å². The Balaban J connectivity index is 0.000000309. The third kappa shape index (κ3) is 18.9. The van der Waals surface area contributed by atoms with Gasteiger partial charge < -0.3 is 65.6 Å². The van der Waals surface area contributed by atoms with Gasteiger partial charge in [-0.3, -0.25) is 29.6 Å². The maximum absolute atomic E-state index is 10.7. The molecule has 2 aliphatic heterocycles. The van der Waals surface area contributed by atoms with Crippen molar-refractivity contribution in [1.29, 1.82) is 0 Å². The minimum Gasteiger partial charge on any atom is -0.481 e. The van der Waals surface area contributed by atoms with Gasteiger partial charge in [0.05, 0.1) is 31.1 Å². The number of pyridine rings is 4. The van der Waals surface area contributed by atoms with Crippen LogP contribution in [-0.4, -0.2) is 168 Å². The Kier molecular flexibility index (Phi) is 24.2. The summed E-state index contributed by atoms with van der Waals surface area (Å²) in [5.41, 5.74) is 3.87. The highest BCUT2D eigenvalue weighted by atomic mass is 16.7. The number of aliphatic carboxylic acids is 1. The van der Waals surface area contributed by atoms with E-state index in [1.807, 2.05) is 78.0 Å². The number of hydrogen-bond acceptors (Lipinski definition) is 18. The molecular formula is C41H59N5O14. The molecule has 2 saturated heterocycles. The van der Waals surface area contributed by atoms with Crippen molar-refractivity contribution in [1.82, 2.24) is 24.8 Å². The summed E-state index contributed by atoms with van der Waals surface area (Å²) in [4.78, 5) is 28.0. The van der Waals surface area contributed by atoms with Crippen LogP contribution < -0.4 is 0 Å². The number of aryl methyl sites for hydroxylation is 2. The molecule has 60 heavy (non-hydrogen) atoms. The second-order valence-corrected chi connectivity index (χ2v) is 13.5. The minimum atomic E-state index is -2.01. The van der Waals surface area contributed by atoms with Gasteiger partial charge in [0.2, 0.25) is 5.79 Å². The summed E-state index contributed by atoms with van der Waals surface area (Å²) in [6.45, 7) is 2.89. The third-order valence-electron chi connectivity index (χ3n) is 8.54. The molecule has 2 fully saturated rings. The minimum absolute atomic E-state index is 0.0922. The van der Waals surface area contributed by atoms with Crippen molar-refractivity contribution in [3.05, 3.63) is 120 Å². The van der Waals surface area contributed by atoms with E-state index in [0.717, 1.165) is 49.0 Å². The number of carbonyl (C=O) groups is 1. The van der Waals surface area contributed by atoms with Gasteiger partial charge >= 0.3 is 0 Å². The average Bonchev–Trinajstić information content (AvgIpc) is 3.24. The normalized spacial score (nSPS) is 25.7. The first-order valence-corrected chi connectivity index (χ1v) is 19.2. The zero-order chi connectivity index (χ0) is 44.5. The summed E-state index contributed by atoms with van der Waals surface area (Å²) in [5.74, 6) is -2.85. The van der Waals surface area contributed by atoms with Gasteiger partial charge in [0.25, 0.3) is 5.97 Å². The summed E-state index contributed by atoms with van der Waals surface area (Å²) >= 11 is 0. The molecule has 0 bridgehead atoms. The van der Waals surface area contributed by atoms with Crippen molar-refractivity contribution in [3.63, 3.8) is 0 Å². The summed E-state index contributed by atoms with van der Waals surface area (Å²) in [5, 5.41) is 100. The number of hydrogen-bond donors (Lipinski definition) is 11. The monoisotopic (exact) mass is 845 g/mol. The summed E-state index contributed by atoms with van der Waals surface area (Å²) in [6, 6.07) is 23.1. The lowest BCUT2D eigenvalue weighted by Gasteiger charge is -2.43. The van der Waals surface area contributed by atoms with Crippen LogP contribution in [0.5, 0.6) is 0 Å². The topological polar surface area (TPSA) is 313 Å². The van der Waals surface area contributed by atoms with Gasteiger partial charge in [-0.2, -0.15) is 0 Å². The predicted octanol–water partition coefficient (Wildman–Crippen LogP) is -1.20. The zero-order valence-corrected chi connectivity index (χ0v) is 33.6. The van der Waals surface area contributed by atoms with Crippen molar-refractivity contribution < 1.29 is 70.4 Å². The van der Waals surface area contributed by atoms with Gasteiger partial charge in [-0.15, -0.1) is 0 Å². The summed E-state index contributed by atoms with van der Waals surface area (Å²) in [6.07, 6.45) is -1.22. The Morgan fingerprint density at radius 3 is 1.50 bits per heavy atom. The fourth-order valence-electron chi connectivity index (χ4n) is 5.58. The van der Waals surface area contributed by atoms with E-state index >= 15 is 0 Å². The number of carboxylic acids is 1. The second-order valence-electron chi connectivity index (χ2n) is 13.5. The lowest BCUT2D eigenvalue weighted by Crippen LogP contribution is -2.64. The fourth-order valence-corrected chi connectivity index (χ4v) is 5.58. The predicted molar refractivity (Wildman–Crippen MR) is 214 cm³/mol. The number of aliphatic hydroxyl groups is 10. The Hall–Kier alpha value is -4.45. The van der Waals surface area contributed by atoms with E-state index in [-0.39, 0.29) is 19.8 Å². The number of aliphatic hydroxyl groups excluding tert-OH is 9. The number of ether oxygens (including phenoxy) is 2. The van der Waals surface area contributed by atoms with Crippen molar-refractivity contribution >= 4 is 5.97 Å². The van der Waals surface area contributed by atoms with E-state index in [1.165, 1.54) is 0 Å². The molecule has 11 N–H and O–H groups in total. The maximum Gasteiger partial charge on any atom is 0.300 e. The van der Waals surface area contributed by atoms with Gasteiger partial charge in [0.1, 0.15) is 42.7 Å². The second kappa shape index (κ2) is 28.1. The highest BCUT2D eigenvalue weighted by molar-refractivity contribution is 5.62. The van der Waals surface area contributed by atoms with Gasteiger partial charge in [-0.1, -0.05) is 24.3 Å². The molecule has 6 heterocycles. The molecule has 2 aliphatic rings. The zero-order valence-electron chi connectivity index (χ0n) is 33.6. The molecule has 19 nitrogen and oxygen atoms in total. The molecule has 0 aliphatic carbocycles. The SMILES string of the molecule is CC(=O)O.CCO.OC1COC(O)(CN(Cc2ccccn2)Cc2ccccn2)C(O)C1O.OCC1OC(O)C(O)C(O)C1O.c1ccc(CCCc2ccccn2)nc1. The van der Waals surface area contributed by atoms with Crippen LogP contribution >= 0.6 is 0 Å². The molecule has 0 amide bonds. The van der Waals surface area contributed by atoms with Gasteiger partial charge in [-0.05, 0) is 74.7 Å². The number of carboxylic acid groups (broad SMARTS) is 1. The lowest BCUT2D eigenvalue weighted by molar-refractivity contribution is -0.326. The number of nitrogens with zero attached hydrogens (tertiary/aromatic N) is 5.